The summed E-state index contributed by atoms with van der Waals surface area (Å²) in [5.74, 6) is -0.702. The number of carbonyl (C=O) groups is 1. The van der Waals surface area contributed by atoms with Crippen molar-refractivity contribution in [1.29, 1.82) is 0 Å². The van der Waals surface area contributed by atoms with E-state index in [4.69, 9.17) is 5.73 Å². The molecule has 0 bridgehead atoms. The van der Waals surface area contributed by atoms with Gasteiger partial charge in [0.15, 0.2) is 0 Å². The molecule has 1 aromatic carbocycles. The van der Waals surface area contributed by atoms with Gasteiger partial charge in [-0.25, -0.2) is 17.9 Å². The van der Waals surface area contributed by atoms with E-state index in [1.54, 1.807) is 0 Å². The molecule has 1 aromatic rings. The predicted molar refractivity (Wildman–Crippen MR) is 79.3 cm³/mol. The lowest BCUT2D eigenvalue weighted by Crippen LogP contribution is -2.31. The average molecular weight is 312 g/mol. The molecule has 0 radical (unpaired) electrons. The average Bonchev–Trinajstić information content (AvgIpc) is 3.25. The molecule has 6 nitrogen and oxygen atoms in total. The maximum atomic E-state index is 12.4. The van der Waals surface area contributed by atoms with Crippen LogP contribution in [-0.4, -0.2) is 28.0 Å². The van der Waals surface area contributed by atoms with Gasteiger partial charge in [0, 0.05) is 12.2 Å². The van der Waals surface area contributed by atoms with Crippen LogP contribution in [0.2, 0.25) is 0 Å². The van der Waals surface area contributed by atoms with Gasteiger partial charge in [-0.3, -0.25) is 0 Å². The highest BCUT2D eigenvalue weighted by Gasteiger charge is 2.41. The highest BCUT2D eigenvalue weighted by molar-refractivity contribution is 7.89. The monoisotopic (exact) mass is 312 g/mol. The number of rotatable bonds is 6. The first-order chi connectivity index (χ1) is 9.83. The van der Waals surface area contributed by atoms with Gasteiger partial charge in [-0.15, -0.1) is 0 Å². The fourth-order valence-corrected chi connectivity index (χ4v) is 3.58. The van der Waals surface area contributed by atoms with E-state index in [1.807, 2.05) is 6.92 Å². The molecule has 1 aliphatic rings. The summed E-state index contributed by atoms with van der Waals surface area (Å²) in [5, 5.41) is 0. The molecule has 2 rings (SSSR count). The summed E-state index contributed by atoms with van der Waals surface area (Å²) in [6.07, 6.45) is 2.97. The Morgan fingerprint density at radius 2 is 2.10 bits per heavy atom. The van der Waals surface area contributed by atoms with E-state index in [0.717, 1.165) is 19.3 Å². The predicted octanol–water partition coefficient (Wildman–Crippen LogP) is 1.52. The SMILES string of the molecule is CCC1(CNS(=O)(=O)c2cc(N)ccc2C(=O)OC)CC1. The van der Waals surface area contributed by atoms with Gasteiger partial charge in [0.1, 0.15) is 0 Å². The van der Waals surface area contributed by atoms with Crippen LogP contribution in [0.4, 0.5) is 5.69 Å². The van der Waals surface area contributed by atoms with Gasteiger partial charge in [-0.2, -0.15) is 0 Å². The zero-order valence-corrected chi connectivity index (χ0v) is 13.0. The maximum Gasteiger partial charge on any atom is 0.339 e. The molecule has 0 heterocycles. The number of benzene rings is 1. The number of hydrogen-bond acceptors (Lipinski definition) is 5. The Morgan fingerprint density at radius 3 is 2.62 bits per heavy atom. The number of carbonyl (C=O) groups excluding carboxylic acids is 1. The summed E-state index contributed by atoms with van der Waals surface area (Å²) < 4.78 is 32.1. The maximum absolute atomic E-state index is 12.4. The quantitative estimate of drug-likeness (QED) is 0.613. The van der Waals surface area contributed by atoms with Crippen LogP contribution in [0.25, 0.3) is 0 Å². The molecular weight excluding hydrogens is 292 g/mol. The topological polar surface area (TPSA) is 98.5 Å². The van der Waals surface area contributed by atoms with E-state index in [1.165, 1.54) is 25.3 Å². The number of nitrogen functional groups attached to an aromatic ring is 1. The van der Waals surface area contributed by atoms with Crippen molar-refractivity contribution in [1.82, 2.24) is 4.72 Å². The van der Waals surface area contributed by atoms with Crippen molar-refractivity contribution in [2.75, 3.05) is 19.4 Å². The molecule has 1 saturated carbocycles. The largest absolute Gasteiger partial charge is 0.465 e. The molecule has 0 saturated heterocycles. The van der Waals surface area contributed by atoms with Crippen LogP contribution in [0.15, 0.2) is 23.1 Å². The lowest BCUT2D eigenvalue weighted by molar-refractivity contribution is 0.0596. The number of esters is 1. The fraction of sp³-hybridized carbons (Fsp3) is 0.500. The van der Waals surface area contributed by atoms with Gasteiger partial charge >= 0.3 is 5.97 Å². The number of ether oxygens (including phenoxy) is 1. The van der Waals surface area contributed by atoms with Gasteiger partial charge in [0.25, 0.3) is 0 Å². The number of methoxy groups -OCH3 is 1. The van der Waals surface area contributed by atoms with Crippen molar-refractivity contribution in [3.05, 3.63) is 23.8 Å². The van der Waals surface area contributed by atoms with Crippen LogP contribution in [0.1, 0.15) is 36.5 Å². The van der Waals surface area contributed by atoms with Crippen molar-refractivity contribution in [3.8, 4) is 0 Å². The first-order valence-electron chi connectivity index (χ1n) is 6.81. The van der Waals surface area contributed by atoms with Crippen LogP contribution in [0.3, 0.4) is 0 Å². The summed E-state index contributed by atoms with van der Waals surface area (Å²) in [7, 11) is -2.60. The zero-order valence-electron chi connectivity index (χ0n) is 12.2. The molecule has 7 heteroatoms. The van der Waals surface area contributed by atoms with Crippen molar-refractivity contribution in [2.24, 2.45) is 5.41 Å². The molecule has 3 N–H and O–H groups in total. The van der Waals surface area contributed by atoms with Crippen molar-refractivity contribution in [2.45, 2.75) is 31.1 Å². The molecule has 0 spiro atoms. The van der Waals surface area contributed by atoms with E-state index in [-0.39, 0.29) is 21.6 Å². The minimum atomic E-state index is -3.80. The smallest absolute Gasteiger partial charge is 0.339 e. The van der Waals surface area contributed by atoms with Crippen LogP contribution >= 0.6 is 0 Å². The van der Waals surface area contributed by atoms with Crippen LogP contribution < -0.4 is 10.5 Å². The second-order valence-electron chi connectivity index (χ2n) is 5.43. The molecule has 116 valence electrons. The molecule has 0 atom stereocenters. The summed E-state index contributed by atoms with van der Waals surface area (Å²) in [6, 6.07) is 4.11. The standard InChI is InChI=1S/C14H20N2O4S/c1-3-14(6-7-14)9-16-21(18,19)12-8-10(15)4-5-11(12)13(17)20-2/h4-5,8,16H,3,6-7,9,15H2,1-2H3. The van der Waals surface area contributed by atoms with Gasteiger partial charge in [-0.1, -0.05) is 6.92 Å². The van der Waals surface area contributed by atoms with E-state index >= 15 is 0 Å². The third-order valence-corrected chi connectivity index (χ3v) is 5.49. The van der Waals surface area contributed by atoms with Crippen LogP contribution in [-0.2, 0) is 14.8 Å². The number of nitrogens with two attached hydrogens (primary N) is 1. The number of nitrogens with one attached hydrogen (secondary N) is 1. The third kappa shape index (κ3) is 3.36. The molecule has 0 unspecified atom stereocenters. The Balaban J connectivity index is 2.30. The van der Waals surface area contributed by atoms with E-state index in [0.29, 0.717) is 6.54 Å². The highest BCUT2D eigenvalue weighted by Crippen LogP contribution is 2.48. The lowest BCUT2D eigenvalue weighted by atomic mass is 10.1. The Bertz CT molecular complexity index is 651. The van der Waals surface area contributed by atoms with Gasteiger partial charge in [0.2, 0.25) is 10.0 Å². The molecular formula is C14H20N2O4S. The zero-order chi connectivity index (χ0) is 15.7. The summed E-state index contributed by atoms with van der Waals surface area (Å²) in [5.41, 5.74) is 5.97. The summed E-state index contributed by atoms with van der Waals surface area (Å²) in [4.78, 5) is 11.6. The Morgan fingerprint density at radius 1 is 1.43 bits per heavy atom. The Kier molecular flexibility index (Phi) is 4.25. The summed E-state index contributed by atoms with van der Waals surface area (Å²) >= 11 is 0. The molecule has 1 fully saturated rings. The second kappa shape index (κ2) is 5.65. The minimum absolute atomic E-state index is 0.0134. The fourth-order valence-electron chi connectivity index (χ4n) is 2.20. The third-order valence-electron chi connectivity index (χ3n) is 4.04. The molecule has 0 aromatic heterocycles. The number of hydrogen-bond donors (Lipinski definition) is 2. The van der Waals surface area contributed by atoms with Crippen LogP contribution in [0, 0.1) is 5.41 Å². The second-order valence-corrected chi connectivity index (χ2v) is 7.16. The first kappa shape index (κ1) is 15.8. The Hall–Kier alpha value is -1.60. The molecule has 0 aliphatic heterocycles. The van der Waals surface area contributed by atoms with Crippen molar-refractivity contribution in [3.63, 3.8) is 0 Å². The van der Waals surface area contributed by atoms with Crippen molar-refractivity contribution >= 4 is 21.7 Å². The van der Waals surface area contributed by atoms with Crippen LogP contribution in [0.5, 0.6) is 0 Å². The van der Waals surface area contributed by atoms with E-state index in [2.05, 4.69) is 9.46 Å². The van der Waals surface area contributed by atoms with Gasteiger partial charge in [0.05, 0.1) is 17.6 Å². The van der Waals surface area contributed by atoms with Gasteiger partial charge in [-0.05, 0) is 42.9 Å². The minimum Gasteiger partial charge on any atom is -0.465 e. The normalized spacial score (nSPS) is 16.5. The molecule has 0 amide bonds. The highest BCUT2D eigenvalue weighted by atomic mass is 32.2. The van der Waals surface area contributed by atoms with E-state index < -0.39 is 16.0 Å². The lowest BCUT2D eigenvalue weighted by Gasteiger charge is -2.15. The molecule has 1 aliphatic carbocycles. The Labute approximate surface area is 124 Å². The van der Waals surface area contributed by atoms with Crippen molar-refractivity contribution < 1.29 is 17.9 Å². The number of anilines is 1. The van der Waals surface area contributed by atoms with E-state index in [9.17, 15) is 13.2 Å². The first-order valence-corrected chi connectivity index (χ1v) is 8.29. The molecule has 21 heavy (non-hydrogen) atoms. The number of sulfonamides is 1. The summed E-state index contributed by atoms with van der Waals surface area (Å²) in [6.45, 7) is 2.42. The van der Waals surface area contributed by atoms with Gasteiger partial charge < -0.3 is 10.5 Å².